The molecule has 0 spiro atoms. The molecule has 0 bridgehead atoms. The van der Waals surface area contributed by atoms with Crippen molar-refractivity contribution in [2.24, 2.45) is 5.92 Å². The van der Waals surface area contributed by atoms with E-state index in [1.807, 2.05) is 41.1 Å². The fraction of sp³-hybridized carbons (Fsp3) is 0.440. The van der Waals surface area contributed by atoms with Crippen molar-refractivity contribution >= 4 is 47.3 Å². The van der Waals surface area contributed by atoms with Gasteiger partial charge in [-0.05, 0) is 82.3 Å². The van der Waals surface area contributed by atoms with Crippen LogP contribution in [0.25, 0.3) is 10.9 Å². The molecule has 2 heterocycles. The number of aromatic nitrogens is 2. The van der Waals surface area contributed by atoms with E-state index in [2.05, 4.69) is 36.6 Å². The van der Waals surface area contributed by atoms with Crippen molar-refractivity contribution in [2.75, 3.05) is 18.8 Å². The first kappa shape index (κ1) is 27.0. The van der Waals surface area contributed by atoms with Gasteiger partial charge in [-0.25, -0.2) is 0 Å². The number of para-hydroxylation sites is 1. The van der Waals surface area contributed by atoms with Crippen LogP contribution in [0.1, 0.15) is 55.2 Å². The van der Waals surface area contributed by atoms with Crippen LogP contribution >= 0.6 is 24.8 Å². The van der Waals surface area contributed by atoms with E-state index in [-0.39, 0.29) is 42.8 Å². The van der Waals surface area contributed by atoms with Gasteiger partial charge in [0.25, 0.3) is 5.91 Å². The molecule has 180 valence electrons. The molecule has 4 rings (SSSR count). The highest BCUT2D eigenvalue weighted by Crippen LogP contribution is 2.24. The molecule has 1 fully saturated rings. The third-order valence-electron chi connectivity index (χ3n) is 6.31. The smallest absolute Gasteiger partial charge is 0.272 e. The minimum atomic E-state index is -0.0727. The molecule has 1 aromatic heterocycles. The van der Waals surface area contributed by atoms with Gasteiger partial charge in [0.1, 0.15) is 0 Å². The quantitative estimate of drug-likeness (QED) is 0.415. The number of nitrogens with zero attached hydrogens (tertiary/aromatic N) is 2. The van der Waals surface area contributed by atoms with E-state index in [1.54, 1.807) is 0 Å². The number of nitrogen functional groups attached to an aromatic ring is 1. The molecule has 4 N–H and O–H groups in total. The van der Waals surface area contributed by atoms with Crippen molar-refractivity contribution in [1.82, 2.24) is 20.4 Å². The molecule has 33 heavy (non-hydrogen) atoms. The second-order valence-corrected chi connectivity index (χ2v) is 8.85. The Kier molecular flexibility index (Phi) is 10.0. The van der Waals surface area contributed by atoms with Crippen molar-refractivity contribution in [3.05, 3.63) is 59.8 Å². The minimum Gasteiger partial charge on any atom is -0.399 e. The van der Waals surface area contributed by atoms with E-state index in [4.69, 9.17) is 10.8 Å². The standard InChI is InChI=1S/C25H33N5O.2ClH/c1-17(2)30-23-6-4-3-5-21(23)24(29-30)25(31)28-22(19-13-15-27-16-14-19)12-9-18-7-10-20(26)11-8-18;;/h3-8,10-11,17,19,22,27H,9,12-16,26H2,1-2H3,(H,28,31);2*1H. The normalized spacial score (nSPS) is 15.0. The summed E-state index contributed by atoms with van der Waals surface area (Å²) < 4.78 is 1.94. The summed E-state index contributed by atoms with van der Waals surface area (Å²) in [6.45, 7) is 6.19. The Labute approximate surface area is 208 Å². The second kappa shape index (κ2) is 12.3. The van der Waals surface area contributed by atoms with Gasteiger partial charge >= 0.3 is 0 Å². The van der Waals surface area contributed by atoms with Crippen LogP contribution in [0.3, 0.4) is 0 Å². The lowest BCUT2D eigenvalue weighted by atomic mass is 9.86. The highest BCUT2D eigenvalue weighted by Gasteiger charge is 2.27. The van der Waals surface area contributed by atoms with Crippen LogP contribution in [0.5, 0.6) is 0 Å². The summed E-state index contributed by atoms with van der Waals surface area (Å²) in [6.07, 6.45) is 3.97. The van der Waals surface area contributed by atoms with E-state index in [9.17, 15) is 4.79 Å². The Hall–Kier alpha value is -2.28. The first-order chi connectivity index (χ1) is 15.0. The Balaban J connectivity index is 0.00000193. The van der Waals surface area contributed by atoms with Crippen LogP contribution in [0.4, 0.5) is 5.69 Å². The molecule has 0 aliphatic carbocycles. The van der Waals surface area contributed by atoms with Crippen LogP contribution in [-0.4, -0.2) is 34.8 Å². The predicted octanol–water partition coefficient (Wildman–Crippen LogP) is 4.77. The van der Waals surface area contributed by atoms with Crippen LogP contribution in [0.15, 0.2) is 48.5 Å². The molecule has 0 radical (unpaired) electrons. The molecule has 1 atom stereocenters. The molecule has 2 aromatic carbocycles. The van der Waals surface area contributed by atoms with E-state index in [1.165, 1.54) is 5.56 Å². The maximum Gasteiger partial charge on any atom is 0.272 e. The number of anilines is 1. The van der Waals surface area contributed by atoms with Crippen LogP contribution in [0, 0.1) is 5.92 Å². The topological polar surface area (TPSA) is 85.0 Å². The van der Waals surface area contributed by atoms with Crippen molar-refractivity contribution in [3.63, 3.8) is 0 Å². The van der Waals surface area contributed by atoms with Crippen molar-refractivity contribution in [1.29, 1.82) is 0 Å². The fourth-order valence-electron chi connectivity index (χ4n) is 4.57. The Bertz CT molecular complexity index is 1030. The molecule has 1 aliphatic heterocycles. The van der Waals surface area contributed by atoms with Gasteiger partial charge in [-0.2, -0.15) is 5.10 Å². The molecule has 1 amide bonds. The number of nitrogens with two attached hydrogens (primary N) is 1. The van der Waals surface area contributed by atoms with Gasteiger partial charge in [0.15, 0.2) is 5.69 Å². The minimum absolute atomic E-state index is 0. The summed E-state index contributed by atoms with van der Waals surface area (Å²) in [7, 11) is 0. The Morgan fingerprint density at radius 1 is 1.12 bits per heavy atom. The summed E-state index contributed by atoms with van der Waals surface area (Å²) in [5, 5.41) is 12.4. The third kappa shape index (κ3) is 6.40. The predicted molar refractivity (Wildman–Crippen MR) is 141 cm³/mol. The van der Waals surface area contributed by atoms with Gasteiger partial charge in [-0.15, -0.1) is 24.8 Å². The third-order valence-corrected chi connectivity index (χ3v) is 6.31. The number of aryl methyl sites for hydroxylation is 1. The summed E-state index contributed by atoms with van der Waals surface area (Å²) in [5.74, 6) is 0.397. The number of piperidine rings is 1. The molecule has 0 saturated carbocycles. The summed E-state index contributed by atoms with van der Waals surface area (Å²) in [6, 6.07) is 16.3. The first-order valence-electron chi connectivity index (χ1n) is 11.4. The number of hydrogen-bond donors (Lipinski definition) is 3. The molecule has 3 aromatic rings. The number of amides is 1. The van der Waals surface area contributed by atoms with Crippen molar-refractivity contribution in [3.8, 4) is 0 Å². The molecular formula is C25H35Cl2N5O. The summed E-state index contributed by atoms with van der Waals surface area (Å²) >= 11 is 0. The fourth-order valence-corrected chi connectivity index (χ4v) is 4.57. The van der Waals surface area contributed by atoms with Gasteiger partial charge in [0.05, 0.1) is 5.52 Å². The van der Waals surface area contributed by atoms with Gasteiger partial charge in [0.2, 0.25) is 0 Å². The highest BCUT2D eigenvalue weighted by atomic mass is 35.5. The largest absolute Gasteiger partial charge is 0.399 e. The zero-order chi connectivity index (χ0) is 21.8. The number of benzene rings is 2. The molecule has 1 unspecified atom stereocenters. The maximum absolute atomic E-state index is 13.4. The zero-order valence-electron chi connectivity index (χ0n) is 19.3. The van der Waals surface area contributed by atoms with Gasteiger partial charge in [-0.3, -0.25) is 9.48 Å². The van der Waals surface area contributed by atoms with E-state index in [0.717, 1.165) is 55.4 Å². The summed E-state index contributed by atoms with van der Waals surface area (Å²) in [5.41, 5.74) is 9.38. The molecule has 8 heteroatoms. The molecule has 1 saturated heterocycles. The Morgan fingerprint density at radius 3 is 2.45 bits per heavy atom. The van der Waals surface area contributed by atoms with Crippen LogP contribution in [0.2, 0.25) is 0 Å². The van der Waals surface area contributed by atoms with Crippen molar-refractivity contribution in [2.45, 2.75) is 51.6 Å². The zero-order valence-corrected chi connectivity index (χ0v) is 20.9. The maximum atomic E-state index is 13.4. The average molecular weight is 492 g/mol. The molecule has 6 nitrogen and oxygen atoms in total. The number of carbonyl (C=O) groups excluding carboxylic acids is 1. The van der Waals surface area contributed by atoms with Crippen LogP contribution < -0.4 is 16.4 Å². The van der Waals surface area contributed by atoms with E-state index < -0.39 is 0 Å². The second-order valence-electron chi connectivity index (χ2n) is 8.85. The average Bonchev–Trinajstić information content (AvgIpc) is 3.18. The highest BCUT2D eigenvalue weighted by molar-refractivity contribution is 6.05. The van der Waals surface area contributed by atoms with E-state index >= 15 is 0 Å². The SMILES string of the molecule is CC(C)n1nc(C(=O)NC(CCc2ccc(N)cc2)C2CCNCC2)c2ccccc21.Cl.Cl. The van der Waals surface area contributed by atoms with Gasteiger partial charge in [-0.1, -0.05) is 30.3 Å². The number of nitrogens with one attached hydrogen (secondary N) is 2. The lowest BCUT2D eigenvalue weighted by molar-refractivity contribution is 0.0906. The monoisotopic (exact) mass is 491 g/mol. The lowest BCUT2D eigenvalue weighted by Crippen LogP contribution is -2.44. The molecular weight excluding hydrogens is 457 g/mol. The number of carbonyl (C=O) groups is 1. The first-order valence-corrected chi connectivity index (χ1v) is 11.4. The number of halogens is 2. The number of fused-ring (bicyclic) bond motifs is 1. The van der Waals surface area contributed by atoms with Gasteiger partial charge < -0.3 is 16.4 Å². The van der Waals surface area contributed by atoms with Gasteiger partial charge in [0, 0.05) is 23.2 Å². The Morgan fingerprint density at radius 2 is 1.79 bits per heavy atom. The van der Waals surface area contributed by atoms with Crippen molar-refractivity contribution < 1.29 is 4.79 Å². The summed E-state index contributed by atoms with van der Waals surface area (Å²) in [4.78, 5) is 13.4. The van der Waals surface area contributed by atoms with Crippen LogP contribution in [-0.2, 0) is 6.42 Å². The molecule has 1 aliphatic rings. The van der Waals surface area contributed by atoms with E-state index in [0.29, 0.717) is 11.6 Å². The number of rotatable bonds is 7. The lowest BCUT2D eigenvalue weighted by Gasteiger charge is -2.31. The number of hydrogen-bond acceptors (Lipinski definition) is 4.